The molecule has 0 radical (unpaired) electrons. The topological polar surface area (TPSA) is 60.4 Å². The van der Waals surface area contributed by atoms with Crippen molar-refractivity contribution in [2.45, 2.75) is 20.1 Å². The largest absolute Gasteiger partial charge is 0.508 e. The smallest absolute Gasteiger partial charge is 0.128 e. The van der Waals surface area contributed by atoms with Crippen LogP contribution in [0, 0.1) is 0 Å². The van der Waals surface area contributed by atoms with E-state index in [2.05, 4.69) is 17.6 Å². The molecule has 0 aliphatic heterocycles. The number of phenols is 1. The van der Waals surface area contributed by atoms with E-state index in [9.17, 15) is 5.11 Å². The van der Waals surface area contributed by atoms with Crippen LogP contribution >= 0.6 is 0 Å². The zero-order valence-corrected chi connectivity index (χ0v) is 11.9. The van der Waals surface area contributed by atoms with Crippen LogP contribution in [-0.4, -0.2) is 9.67 Å². The number of benzene rings is 2. The molecule has 0 aliphatic rings. The molecule has 0 saturated carbocycles. The van der Waals surface area contributed by atoms with Crippen LogP contribution in [0.5, 0.6) is 11.5 Å². The summed E-state index contributed by atoms with van der Waals surface area (Å²) in [6, 6.07) is 14.8. The molecule has 21 heavy (non-hydrogen) atoms. The monoisotopic (exact) mass is 282 g/mol. The Morgan fingerprint density at radius 3 is 2.57 bits per heavy atom. The Morgan fingerprint density at radius 1 is 1.10 bits per heavy atom. The van der Waals surface area contributed by atoms with E-state index in [0.29, 0.717) is 6.61 Å². The van der Waals surface area contributed by atoms with Gasteiger partial charge in [0.15, 0.2) is 0 Å². The van der Waals surface area contributed by atoms with Crippen molar-refractivity contribution in [2.75, 3.05) is 5.73 Å². The highest BCUT2D eigenvalue weighted by atomic mass is 16.5. The maximum absolute atomic E-state index is 9.27. The Kier molecular flexibility index (Phi) is 3.44. The average Bonchev–Trinajstić information content (AvgIpc) is 2.83. The van der Waals surface area contributed by atoms with E-state index in [1.807, 2.05) is 18.2 Å². The van der Waals surface area contributed by atoms with Gasteiger partial charge in [-0.25, -0.2) is 0 Å². The number of nitrogens with zero attached hydrogens (tertiary/aromatic N) is 1. The lowest BCUT2D eigenvalue weighted by Gasteiger charge is -2.10. The first-order valence-electron chi connectivity index (χ1n) is 6.97. The van der Waals surface area contributed by atoms with E-state index in [-0.39, 0.29) is 5.75 Å². The van der Waals surface area contributed by atoms with Gasteiger partial charge in [0.1, 0.15) is 18.1 Å². The summed E-state index contributed by atoms with van der Waals surface area (Å²) in [4.78, 5) is 0. The molecule has 1 aromatic heterocycles. The fourth-order valence-electron chi connectivity index (χ4n) is 2.52. The van der Waals surface area contributed by atoms with Crippen LogP contribution in [0.3, 0.4) is 0 Å². The highest BCUT2D eigenvalue weighted by Crippen LogP contribution is 2.24. The number of anilines is 1. The molecule has 108 valence electrons. The predicted molar refractivity (Wildman–Crippen MR) is 84.5 cm³/mol. The van der Waals surface area contributed by atoms with E-state index < -0.39 is 0 Å². The van der Waals surface area contributed by atoms with E-state index >= 15 is 0 Å². The van der Waals surface area contributed by atoms with Crippen LogP contribution in [0.1, 0.15) is 12.6 Å². The maximum Gasteiger partial charge on any atom is 0.128 e. The van der Waals surface area contributed by atoms with Gasteiger partial charge in [0, 0.05) is 17.6 Å². The summed E-state index contributed by atoms with van der Waals surface area (Å²) in [5.41, 5.74) is 8.86. The van der Waals surface area contributed by atoms with E-state index in [1.165, 1.54) is 0 Å². The second-order valence-electron chi connectivity index (χ2n) is 4.98. The molecule has 4 nitrogen and oxygen atoms in total. The van der Waals surface area contributed by atoms with Crippen LogP contribution < -0.4 is 10.5 Å². The van der Waals surface area contributed by atoms with Gasteiger partial charge in [0.05, 0.1) is 11.2 Å². The van der Waals surface area contributed by atoms with Gasteiger partial charge < -0.3 is 20.1 Å². The minimum atomic E-state index is 0.237. The molecule has 0 aliphatic carbocycles. The number of aromatic hydroxyl groups is 1. The number of aryl methyl sites for hydroxylation is 1. The van der Waals surface area contributed by atoms with Gasteiger partial charge >= 0.3 is 0 Å². The molecule has 3 rings (SSSR count). The molecular formula is C17H18N2O2. The van der Waals surface area contributed by atoms with Gasteiger partial charge in [-0.1, -0.05) is 6.07 Å². The van der Waals surface area contributed by atoms with Gasteiger partial charge in [-0.15, -0.1) is 0 Å². The normalized spacial score (nSPS) is 10.9. The van der Waals surface area contributed by atoms with E-state index in [4.69, 9.17) is 10.5 Å². The van der Waals surface area contributed by atoms with Crippen LogP contribution in [-0.2, 0) is 13.2 Å². The molecular weight excluding hydrogens is 264 g/mol. The average molecular weight is 282 g/mol. The predicted octanol–water partition coefficient (Wildman–Crippen LogP) is 3.53. The molecule has 2 aromatic carbocycles. The fourth-order valence-corrected chi connectivity index (χ4v) is 2.52. The van der Waals surface area contributed by atoms with Gasteiger partial charge in [0.25, 0.3) is 0 Å². The third-order valence-corrected chi connectivity index (χ3v) is 3.55. The van der Waals surface area contributed by atoms with Crippen molar-refractivity contribution in [2.24, 2.45) is 0 Å². The van der Waals surface area contributed by atoms with Crippen molar-refractivity contribution in [3.05, 3.63) is 54.2 Å². The standard InChI is InChI=1S/C17H18N2O2/c1-2-19-14(9-12-3-4-13(18)10-17(12)19)11-21-16-7-5-15(20)6-8-16/h3-10,20H,2,11,18H2,1H3. The number of rotatable bonds is 4. The number of nitrogens with two attached hydrogens (primary N) is 1. The Balaban J connectivity index is 1.88. The highest BCUT2D eigenvalue weighted by molar-refractivity contribution is 5.84. The third-order valence-electron chi connectivity index (χ3n) is 3.55. The third kappa shape index (κ3) is 2.65. The zero-order chi connectivity index (χ0) is 14.8. The first kappa shape index (κ1) is 13.4. The Hall–Kier alpha value is -2.62. The van der Waals surface area contributed by atoms with Crippen LogP contribution in [0.4, 0.5) is 5.69 Å². The molecule has 0 unspecified atom stereocenters. The summed E-state index contributed by atoms with van der Waals surface area (Å²) in [6.45, 7) is 3.45. The molecule has 1 heterocycles. The lowest BCUT2D eigenvalue weighted by molar-refractivity contribution is 0.295. The highest BCUT2D eigenvalue weighted by Gasteiger charge is 2.08. The Bertz CT molecular complexity index is 760. The van der Waals surface area contributed by atoms with Crippen molar-refractivity contribution in [3.63, 3.8) is 0 Å². The molecule has 0 amide bonds. The summed E-state index contributed by atoms with van der Waals surface area (Å²) < 4.78 is 7.99. The number of ether oxygens (including phenoxy) is 1. The fraction of sp³-hybridized carbons (Fsp3) is 0.176. The second kappa shape index (κ2) is 5.40. The van der Waals surface area contributed by atoms with Gasteiger partial charge in [-0.2, -0.15) is 0 Å². The molecule has 0 spiro atoms. The molecule has 0 saturated heterocycles. The number of phenolic OH excluding ortho intramolecular Hbond substituents is 1. The summed E-state index contributed by atoms with van der Waals surface area (Å²) in [5.74, 6) is 0.973. The SMILES string of the molecule is CCn1c(COc2ccc(O)cc2)cc2ccc(N)cc21. The zero-order valence-electron chi connectivity index (χ0n) is 11.9. The van der Waals surface area contributed by atoms with Crippen molar-refractivity contribution in [1.29, 1.82) is 0 Å². The van der Waals surface area contributed by atoms with Gasteiger partial charge in [0.2, 0.25) is 0 Å². The molecule has 3 aromatic rings. The Labute approximate surface area is 123 Å². The summed E-state index contributed by atoms with van der Waals surface area (Å²) in [5, 5.41) is 10.4. The van der Waals surface area contributed by atoms with Crippen LogP contribution in [0.25, 0.3) is 10.9 Å². The van der Waals surface area contributed by atoms with E-state index in [0.717, 1.165) is 34.6 Å². The van der Waals surface area contributed by atoms with Crippen LogP contribution in [0.15, 0.2) is 48.5 Å². The second-order valence-corrected chi connectivity index (χ2v) is 4.98. The summed E-state index contributed by atoms with van der Waals surface area (Å²) >= 11 is 0. The van der Waals surface area contributed by atoms with Crippen molar-refractivity contribution >= 4 is 16.6 Å². The number of fused-ring (bicyclic) bond motifs is 1. The maximum atomic E-state index is 9.27. The van der Waals surface area contributed by atoms with E-state index in [1.54, 1.807) is 24.3 Å². The summed E-state index contributed by atoms with van der Waals surface area (Å²) in [6.07, 6.45) is 0. The number of nitrogen functional groups attached to an aromatic ring is 1. The van der Waals surface area contributed by atoms with Crippen molar-refractivity contribution < 1.29 is 9.84 Å². The number of aromatic nitrogens is 1. The lowest BCUT2D eigenvalue weighted by Crippen LogP contribution is -2.04. The molecule has 4 heteroatoms. The van der Waals surface area contributed by atoms with Crippen molar-refractivity contribution in [3.8, 4) is 11.5 Å². The van der Waals surface area contributed by atoms with Gasteiger partial charge in [-0.05, 0) is 49.4 Å². The van der Waals surface area contributed by atoms with Crippen LogP contribution in [0.2, 0.25) is 0 Å². The quantitative estimate of drug-likeness (QED) is 0.720. The Morgan fingerprint density at radius 2 is 1.86 bits per heavy atom. The first-order valence-corrected chi connectivity index (χ1v) is 6.97. The summed E-state index contributed by atoms with van der Waals surface area (Å²) in [7, 11) is 0. The van der Waals surface area contributed by atoms with Crippen molar-refractivity contribution in [1.82, 2.24) is 4.57 Å². The number of hydrogen-bond acceptors (Lipinski definition) is 3. The molecule has 0 fully saturated rings. The number of hydrogen-bond donors (Lipinski definition) is 2. The molecule has 3 N–H and O–H groups in total. The van der Waals surface area contributed by atoms with Gasteiger partial charge in [-0.3, -0.25) is 0 Å². The lowest BCUT2D eigenvalue weighted by atomic mass is 10.2. The molecule has 0 bridgehead atoms. The first-order chi connectivity index (χ1) is 10.2. The minimum absolute atomic E-state index is 0.237. The molecule has 0 atom stereocenters. The minimum Gasteiger partial charge on any atom is -0.508 e.